The molecule has 2 aromatic heterocycles. The summed E-state index contributed by atoms with van der Waals surface area (Å²) in [6.07, 6.45) is 3.54. The fourth-order valence-corrected chi connectivity index (χ4v) is 8.90. The SMILES string of the molecule is CCOC(=O)c1c(NC(=O)C2CCN(S(=O)(=O)c3ccc(Cl)s3)CC2)sc2c1CCC(C)C2. The van der Waals surface area contributed by atoms with E-state index in [-0.39, 0.29) is 35.7 Å². The highest BCUT2D eigenvalue weighted by atomic mass is 35.5. The predicted octanol–water partition coefficient (Wildman–Crippen LogP) is 4.80. The van der Waals surface area contributed by atoms with E-state index in [1.54, 1.807) is 13.0 Å². The second-order valence-electron chi connectivity index (χ2n) is 8.50. The predicted molar refractivity (Wildman–Crippen MR) is 131 cm³/mol. The van der Waals surface area contributed by atoms with Crippen molar-refractivity contribution in [2.24, 2.45) is 11.8 Å². The van der Waals surface area contributed by atoms with E-state index in [1.165, 1.54) is 21.7 Å². The Balaban J connectivity index is 1.46. The average molecular weight is 531 g/mol. The molecule has 1 unspecified atom stereocenters. The topological polar surface area (TPSA) is 92.8 Å². The van der Waals surface area contributed by atoms with Gasteiger partial charge in [0.25, 0.3) is 10.0 Å². The van der Waals surface area contributed by atoms with Gasteiger partial charge in [-0.25, -0.2) is 13.2 Å². The van der Waals surface area contributed by atoms with Gasteiger partial charge in [0, 0.05) is 23.9 Å². The van der Waals surface area contributed by atoms with Crippen molar-refractivity contribution in [2.45, 2.75) is 50.2 Å². The van der Waals surface area contributed by atoms with E-state index in [9.17, 15) is 18.0 Å². The Morgan fingerprint density at radius 1 is 1.21 bits per heavy atom. The number of hydrogen-bond acceptors (Lipinski definition) is 7. The summed E-state index contributed by atoms with van der Waals surface area (Å²) in [5.41, 5.74) is 1.49. The Bertz CT molecular complexity index is 1150. The summed E-state index contributed by atoms with van der Waals surface area (Å²) in [5, 5.41) is 3.53. The minimum Gasteiger partial charge on any atom is -0.462 e. The number of nitrogens with one attached hydrogen (secondary N) is 1. The highest BCUT2D eigenvalue weighted by Crippen LogP contribution is 2.40. The summed E-state index contributed by atoms with van der Waals surface area (Å²) in [4.78, 5) is 26.9. The molecule has 0 radical (unpaired) electrons. The van der Waals surface area contributed by atoms with Gasteiger partial charge in [0.05, 0.1) is 16.5 Å². The molecule has 0 bridgehead atoms. The molecular weight excluding hydrogens is 504 g/mol. The van der Waals surface area contributed by atoms with Gasteiger partial charge < -0.3 is 10.1 Å². The molecular formula is C22H27ClN2O5S3. The zero-order valence-corrected chi connectivity index (χ0v) is 21.8. The maximum Gasteiger partial charge on any atom is 0.341 e. The first-order valence-electron chi connectivity index (χ1n) is 11.1. The van der Waals surface area contributed by atoms with Crippen molar-refractivity contribution in [1.29, 1.82) is 0 Å². The molecule has 4 rings (SSSR count). The van der Waals surface area contributed by atoms with Crippen LogP contribution in [0.25, 0.3) is 0 Å². The van der Waals surface area contributed by atoms with Crippen molar-refractivity contribution >= 4 is 61.2 Å². The van der Waals surface area contributed by atoms with Gasteiger partial charge in [-0.3, -0.25) is 4.79 Å². The molecule has 1 atom stereocenters. The van der Waals surface area contributed by atoms with Crippen LogP contribution in [0.3, 0.4) is 0 Å². The largest absolute Gasteiger partial charge is 0.462 e. The number of amides is 1. The van der Waals surface area contributed by atoms with Crippen LogP contribution in [-0.2, 0) is 32.4 Å². The lowest BCUT2D eigenvalue weighted by molar-refractivity contribution is -0.120. The van der Waals surface area contributed by atoms with Crippen LogP contribution in [0.5, 0.6) is 0 Å². The third-order valence-corrected chi connectivity index (χ3v) is 11.0. The van der Waals surface area contributed by atoms with E-state index in [2.05, 4.69) is 12.2 Å². The molecule has 180 valence electrons. The van der Waals surface area contributed by atoms with E-state index < -0.39 is 16.0 Å². The molecule has 1 saturated heterocycles. The monoisotopic (exact) mass is 530 g/mol. The molecule has 33 heavy (non-hydrogen) atoms. The first kappa shape index (κ1) is 24.7. The zero-order valence-electron chi connectivity index (χ0n) is 18.6. The van der Waals surface area contributed by atoms with Crippen LogP contribution in [0.1, 0.15) is 53.9 Å². The smallest absolute Gasteiger partial charge is 0.341 e. The molecule has 1 N–H and O–H groups in total. The Kier molecular flexibility index (Phi) is 7.50. The molecule has 2 aliphatic rings. The minimum absolute atomic E-state index is 0.177. The molecule has 2 aromatic rings. The highest BCUT2D eigenvalue weighted by molar-refractivity contribution is 7.91. The number of carbonyl (C=O) groups is 2. The number of halogens is 1. The molecule has 1 aliphatic carbocycles. The fraction of sp³-hybridized carbons (Fsp3) is 0.545. The summed E-state index contributed by atoms with van der Waals surface area (Å²) in [5.74, 6) is -0.352. The van der Waals surface area contributed by atoms with Gasteiger partial charge in [0.15, 0.2) is 0 Å². The maximum absolute atomic E-state index is 13.1. The van der Waals surface area contributed by atoms with Gasteiger partial charge in [-0.05, 0) is 62.6 Å². The number of nitrogens with zero attached hydrogens (tertiary/aromatic N) is 1. The lowest BCUT2D eigenvalue weighted by Gasteiger charge is -2.30. The van der Waals surface area contributed by atoms with E-state index >= 15 is 0 Å². The van der Waals surface area contributed by atoms with Crippen LogP contribution in [0.4, 0.5) is 5.00 Å². The number of fused-ring (bicyclic) bond motifs is 1. The lowest BCUT2D eigenvalue weighted by Crippen LogP contribution is -2.41. The van der Waals surface area contributed by atoms with Crippen molar-refractivity contribution in [1.82, 2.24) is 4.31 Å². The summed E-state index contributed by atoms with van der Waals surface area (Å²) in [6, 6.07) is 3.08. The number of anilines is 1. The number of hydrogen-bond donors (Lipinski definition) is 1. The lowest BCUT2D eigenvalue weighted by atomic mass is 9.88. The van der Waals surface area contributed by atoms with Crippen LogP contribution in [0.2, 0.25) is 4.34 Å². The number of carbonyl (C=O) groups excluding carboxylic acids is 2. The van der Waals surface area contributed by atoms with Gasteiger partial charge in [0.1, 0.15) is 9.21 Å². The summed E-state index contributed by atoms with van der Waals surface area (Å²) >= 11 is 8.40. The Morgan fingerprint density at radius 2 is 1.94 bits per heavy atom. The van der Waals surface area contributed by atoms with Gasteiger partial charge in [-0.2, -0.15) is 4.31 Å². The summed E-state index contributed by atoms with van der Waals surface area (Å²) in [7, 11) is -3.60. The normalized spacial score (nSPS) is 19.8. The van der Waals surface area contributed by atoms with Gasteiger partial charge >= 0.3 is 5.97 Å². The van der Waals surface area contributed by atoms with Crippen LogP contribution < -0.4 is 5.32 Å². The average Bonchev–Trinajstić information content (AvgIpc) is 3.37. The van der Waals surface area contributed by atoms with E-state index in [0.717, 1.165) is 41.0 Å². The number of rotatable bonds is 6. The number of ether oxygens (including phenoxy) is 1. The van der Waals surface area contributed by atoms with E-state index in [1.807, 2.05) is 0 Å². The maximum atomic E-state index is 13.1. The molecule has 0 aromatic carbocycles. The van der Waals surface area contributed by atoms with Gasteiger partial charge in [-0.1, -0.05) is 18.5 Å². The molecule has 1 fully saturated rings. The first-order valence-corrected chi connectivity index (χ1v) is 14.5. The van der Waals surface area contributed by atoms with Crippen molar-refractivity contribution < 1.29 is 22.7 Å². The van der Waals surface area contributed by atoms with Crippen LogP contribution >= 0.6 is 34.3 Å². The number of sulfonamides is 1. The number of piperidine rings is 1. The number of esters is 1. The molecule has 0 saturated carbocycles. The van der Waals surface area contributed by atoms with Gasteiger partial charge in [0.2, 0.25) is 5.91 Å². The molecule has 11 heteroatoms. The quantitative estimate of drug-likeness (QED) is 0.541. The van der Waals surface area contributed by atoms with Crippen LogP contribution in [-0.4, -0.2) is 44.3 Å². The molecule has 1 aliphatic heterocycles. The van der Waals surface area contributed by atoms with Crippen LogP contribution in [0, 0.1) is 11.8 Å². The standard InChI is InChI=1S/C22H27ClN2O5S3/c1-3-30-22(27)19-15-5-4-13(2)12-16(15)31-21(19)24-20(26)14-8-10-25(11-9-14)33(28,29)18-7-6-17(23)32-18/h6-7,13-14H,3-5,8-12H2,1-2H3,(H,24,26). The molecule has 7 nitrogen and oxygen atoms in total. The van der Waals surface area contributed by atoms with Crippen molar-refractivity contribution in [3.8, 4) is 0 Å². The Morgan fingerprint density at radius 3 is 2.58 bits per heavy atom. The summed E-state index contributed by atoms with van der Waals surface area (Å²) in [6.45, 7) is 4.76. The Hall–Kier alpha value is -1.46. The van der Waals surface area contributed by atoms with Crippen molar-refractivity contribution in [3.63, 3.8) is 0 Å². The van der Waals surface area contributed by atoms with E-state index in [4.69, 9.17) is 16.3 Å². The Labute approximate surface area is 207 Å². The van der Waals surface area contributed by atoms with E-state index in [0.29, 0.717) is 33.7 Å². The molecule has 3 heterocycles. The third-order valence-electron chi connectivity index (χ3n) is 6.20. The zero-order chi connectivity index (χ0) is 23.8. The van der Waals surface area contributed by atoms with Crippen LogP contribution in [0.15, 0.2) is 16.3 Å². The second kappa shape index (κ2) is 10.0. The van der Waals surface area contributed by atoms with Crippen molar-refractivity contribution in [3.05, 3.63) is 32.5 Å². The third kappa shape index (κ3) is 5.14. The van der Waals surface area contributed by atoms with Gasteiger partial charge in [-0.15, -0.1) is 22.7 Å². The second-order valence-corrected chi connectivity index (χ2v) is 13.5. The minimum atomic E-state index is -3.60. The number of thiophene rings is 2. The fourth-order valence-electron chi connectivity index (χ4n) is 4.39. The first-order chi connectivity index (χ1) is 15.7. The molecule has 0 spiro atoms. The summed E-state index contributed by atoms with van der Waals surface area (Å²) < 4.78 is 33.0. The van der Waals surface area contributed by atoms with Crippen molar-refractivity contribution in [2.75, 3.05) is 25.0 Å². The molecule has 1 amide bonds. The highest BCUT2D eigenvalue weighted by Gasteiger charge is 2.34.